The molecule has 1 heterocycles. The minimum atomic E-state index is -2.52. The number of halogens is 2. The highest BCUT2D eigenvalue weighted by Gasteiger charge is 2.34. The van der Waals surface area contributed by atoms with Crippen molar-refractivity contribution in [3.63, 3.8) is 0 Å². The number of benzene rings is 1. The minimum Gasteiger partial charge on any atom is -0.383 e. The fourth-order valence-corrected chi connectivity index (χ4v) is 2.79. The van der Waals surface area contributed by atoms with E-state index in [1.54, 1.807) is 13.2 Å². The van der Waals surface area contributed by atoms with E-state index in [2.05, 4.69) is 9.88 Å². The highest BCUT2D eigenvalue weighted by atomic mass is 19.3. The molecule has 0 bridgehead atoms. The fourth-order valence-electron chi connectivity index (χ4n) is 2.79. The Morgan fingerprint density at radius 2 is 2.21 bits per heavy atom. The Bertz CT molecular complexity index is 713. The Morgan fingerprint density at radius 1 is 1.42 bits per heavy atom. The van der Waals surface area contributed by atoms with E-state index in [1.165, 1.54) is 4.90 Å². The van der Waals surface area contributed by atoms with Gasteiger partial charge in [-0.2, -0.15) is 0 Å². The van der Waals surface area contributed by atoms with Gasteiger partial charge in [0.25, 0.3) is 6.43 Å². The molecule has 2 amide bonds. The third-order valence-corrected chi connectivity index (χ3v) is 4.14. The number of anilines is 1. The standard InChI is InChI=1S/C17H21F2N3O2/c1-24-9-8-21-7-6-12-10-13(2-5-15(12)21)20-17(23)22(11-16(18)19)14-3-4-14/h2,5-7,10,14,16H,3-4,8-9,11H2,1H3,(H,20,23). The Morgan fingerprint density at radius 3 is 2.88 bits per heavy atom. The van der Waals surface area contributed by atoms with E-state index in [1.807, 2.05) is 24.4 Å². The molecule has 1 N–H and O–H groups in total. The van der Waals surface area contributed by atoms with Crippen LogP contribution in [0.5, 0.6) is 0 Å². The topological polar surface area (TPSA) is 46.5 Å². The number of hydrogen-bond acceptors (Lipinski definition) is 2. The molecule has 130 valence electrons. The molecular weight excluding hydrogens is 316 g/mol. The molecule has 0 spiro atoms. The number of nitrogens with zero attached hydrogens (tertiary/aromatic N) is 2. The van der Waals surface area contributed by atoms with Gasteiger partial charge in [-0.25, -0.2) is 13.6 Å². The number of urea groups is 1. The number of aromatic nitrogens is 1. The van der Waals surface area contributed by atoms with Crippen LogP contribution in [0.3, 0.4) is 0 Å². The van der Waals surface area contributed by atoms with E-state index in [0.29, 0.717) is 12.3 Å². The summed E-state index contributed by atoms with van der Waals surface area (Å²) in [6.45, 7) is 0.841. The van der Waals surface area contributed by atoms with Crippen molar-refractivity contribution < 1.29 is 18.3 Å². The second-order valence-electron chi connectivity index (χ2n) is 5.98. The van der Waals surface area contributed by atoms with Crippen molar-refractivity contribution in [3.8, 4) is 0 Å². The predicted octanol–water partition coefficient (Wildman–Crippen LogP) is 3.55. The van der Waals surface area contributed by atoms with E-state index >= 15 is 0 Å². The van der Waals surface area contributed by atoms with Gasteiger partial charge in [0.2, 0.25) is 0 Å². The lowest BCUT2D eigenvalue weighted by molar-refractivity contribution is 0.0994. The van der Waals surface area contributed by atoms with Crippen LogP contribution < -0.4 is 5.32 Å². The second-order valence-corrected chi connectivity index (χ2v) is 5.98. The molecule has 1 aliphatic rings. The van der Waals surface area contributed by atoms with Gasteiger partial charge in [-0.05, 0) is 37.1 Å². The maximum absolute atomic E-state index is 12.7. The molecule has 0 aliphatic heterocycles. The van der Waals surface area contributed by atoms with Gasteiger partial charge >= 0.3 is 6.03 Å². The number of ether oxygens (including phenoxy) is 1. The Labute approximate surface area is 139 Å². The molecule has 7 heteroatoms. The van der Waals surface area contributed by atoms with Crippen LogP contribution in [-0.2, 0) is 11.3 Å². The van der Waals surface area contributed by atoms with E-state index in [0.717, 1.165) is 30.3 Å². The quantitative estimate of drug-likeness (QED) is 0.840. The molecule has 3 rings (SSSR count). The highest BCUT2D eigenvalue weighted by Crippen LogP contribution is 2.28. The Hall–Kier alpha value is -2.15. The average molecular weight is 337 g/mol. The van der Waals surface area contributed by atoms with Crippen LogP contribution in [0.4, 0.5) is 19.3 Å². The summed E-state index contributed by atoms with van der Waals surface area (Å²) in [5, 5.41) is 3.72. The molecule has 1 aromatic heterocycles. The maximum Gasteiger partial charge on any atom is 0.322 e. The molecule has 0 radical (unpaired) electrons. The summed E-state index contributed by atoms with van der Waals surface area (Å²) in [7, 11) is 1.66. The molecular formula is C17H21F2N3O2. The predicted molar refractivity (Wildman–Crippen MR) is 88.6 cm³/mol. The van der Waals surface area contributed by atoms with E-state index in [9.17, 15) is 13.6 Å². The summed E-state index contributed by atoms with van der Waals surface area (Å²) < 4.78 is 32.4. The maximum atomic E-state index is 12.7. The van der Waals surface area contributed by atoms with Crippen molar-refractivity contribution in [2.75, 3.05) is 25.6 Å². The fraction of sp³-hybridized carbons (Fsp3) is 0.471. The van der Waals surface area contributed by atoms with Crippen LogP contribution >= 0.6 is 0 Å². The van der Waals surface area contributed by atoms with Crippen molar-refractivity contribution in [3.05, 3.63) is 30.5 Å². The monoisotopic (exact) mass is 337 g/mol. The number of carbonyl (C=O) groups excluding carboxylic acids is 1. The summed E-state index contributed by atoms with van der Waals surface area (Å²) in [4.78, 5) is 13.5. The zero-order valence-electron chi connectivity index (χ0n) is 13.5. The van der Waals surface area contributed by atoms with Crippen molar-refractivity contribution in [1.29, 1.82) is 0 Å². The first-order valence-corrected chi connectivity index (χ1v) is 8.02. The van der Waals surface area contributed by atoms with Crippen LogP contribution in [0.15, 0.2) is 30.5 Å². The third-order valence-electron chi connectivity index (χ3n) is 4.14. The SMILES string of the molecule is COCCn1ccc2cc(NC(=O)N(CC(F)F)C3CC3)ccc21. The van der Waals surface area contributed by atoms with E-state index < -0.39 is 19.0 Å². The van der Waals surface area contributed by atoms with Crippen LogP contribution in [0, 0.1) is 0 Å². The zero-order chi connectivity index (χ0) is 17.1. The van der Waals surface area contributed by atoms with Crippen molar-refractivity contribution in [2.45, 2.75) is 31.9 Å². The van der Waals surface area contributed by atoms with Crippen LogP contribution in [0.2, 0.25) is 0 Å². The average Bonchev–Trinajstić information content (AvgIpc) is 3.31. The first kappa shape index (κ1) is 16.7. The number of alkyl halides is 2. The Kier molecular flexibility index (Phi) is 4.99. The number of amides is 2. The lowest BCUT2D eigenvalue weighted by atomic mass is 10.2. The molecule has 1 aliphatic carbocycles. The number of rotatable bonds is 7. The van der Waals surface area contributed by atoms with Crippen LogP contribution in [-0.4, -0.2) is 48.2 Å². The normalized spacial score (nSPS) is 14.3. The van der Waals surface area contributed by atoms with Gasteiger partial charge in [0.1, 0.15) is 0 Å². The van der Waals surface area contributed by atoms with Gasteiger partial charge < -0.3 is 19.5 Å². The van der Waals surface area contributed by atoms with E-state index in [-0.39, 0.29) is 6.04 Å². The third kappa shape index (κ3) is 3.84. The second kappa shape index (κ2) is 7.17. The van der Waals surface area contributed by atoms with Gasteiger partial charge in [0.15, 0.2) is 0 Å². The first-order chi connectivity index (χ1) is 11.6. The number of carbonyl (C=O) groups is 1. The lowest BCUT2D eigenvalue weighted by Gasteiger charge is -2.22. The van der Waals surface area contributed by atoms with Crippen LogP contribution in [0.1, 0.15) is 12.8 Å². The minimum absolute atomic E-state index is 0.0575. The van der Waals surface area contributed by atoms with Crippen molar-refractivity contribution >= 4 is 22.6 Å². The molecule has 0 unspecified atom stereocenters. The largest absolute Gasteiger partial charge is 0.383 e. The van der Waals surface area contributed by atoms with Crippen LogP contribution in [0.25, 0.3) is 10.9 Å². The molecule has 0 atom stereocenters. The molecule has 24 heavy (non-hydrogen) atoms. The molecule has 5 nitrogen and oxygen atoms in total. The van der Waals surface area contributed by atoms with Crippen molar-refractivity contribution in [2.24, 2.45) is 0 Å². The summed E-state index contributed by atoms with van der Waals surface area (Å²) in [6.07, 6.45) is 1.03. The summed E-state index contributed by atoms with van der Waals surface area (Å²) in [6, 6.07) is 6.99. The molecule has 1 saturated carbocycles. The van der Waals surface area contributed by atoms with Gasteiger partial charge in [0, 0.05) is 42.5 Å². The molecule has 1 aromatic carbocycles. The van der Waals surface area contributed by atoms with E-state index in [4.69, 9.17) is 4.74 Å². The lowest BCUT2D eigenvalue weighted by Crippen LogP contribution is -2.39. The molecule has 2 aromatic rings. The summed E-state index contributed by atoms with van der Waals surface area (Å²) >= 11 is 0. The molecule has 0 saturated heterocycles. The smallest absolute Gasteiger partial charge is 0.322 e. The number of hydrogen-bond donors (Lipinski definition) is 1. The van der Waals surface area contributed by atoms with Gasteiger partial charge in [-0.1, -0.05) is 0 Å². The number of nitrogens with one attached hydrogen (secondary N) is 1. The highest BCUT2D eigenvalue weighted by molar-refractivity contribution is 5.93. The summed E-state index contributed by atoms with van der Waals surface area (Å²) in [5.41, 5.74) is 1.65. The summed E-state index contributed by atoms with van der Waals surface area (Å²) in [5.74, 6) is 0. The number of methoxy groups -OCH3 is 1. The number of fused-ring (bicyclic) bond motifs is 1. The van der Waals surface area contributed by atoms with Gasteiger partial charge in [0.05, 0.1) is 13.2 Å². The first-order valence-electron chi connectivity index (χ1n) is 8.02. The zero-order valence-corrected chi connectivity index (χ0v) is 13.5. The van der Waals surface area contributed by atoms with Crippen molar-refractivity contribution in [1.82, 2.24) is 9.47 Å². The Balaban J connectivity index is 1.71. The van der Waals surface area contributed by atoms with Gasteiger partial charge in [-0.15, -0.1) is 0 Å². The van der Waals surface area contributed by atoms with Gasteiger partial charge in [-0.3, -0.25) is 0 Å². The molecule has 1 fully saturated rings.